The summed E-state index contributed by atoms with van der Waals surface area (Å²) in [5, 5.41) is 37.3. The second-order valence-electron chi connectivity index (χ2n) is 34.8. The maximum Gasteiger partial charge on any atom is 0.333 e. The Morgan fingerprint density at radius 2 is 0.710 bits per heavy atom. The zero-order valence-electron chi connectivity index (χ0n) is 306. The number of amides is 2. The number of fused-ring (bicyclic) bond motifs is 9. The summed E-state index contributed by atoms with van der Waals surface area (Å²) in [6, 6.07) is 109. The highest BCUT2D eigenvalue weighted by Gasteiger charge is 2.46. The first-order valence-electron chi connectivity index (χ1n) is 162. The number of thiazole rings is 1. The van der Waals surface area contributed by atoms with Crippen LogP contribution in [0.25, 0.3) is 62.9 Å². The van der Waals surface area contributed by atoms with Gasteiger partial charge in [-0.2, -0.15) is 0 Å². The first-order valence-corrected chi connectivity index (χ1v) is 48.8. The van der Waals surface area contributed by atoms with Gasteiger partial charge in [-0.05, 0) is 242 Å². The average Bonchev–Trinajstić information content (AvgIpc) is 1.58. The van der Waals surface area contributed by atoms with Crippen LogP contribution < -0.4 is 29.5 Å². The van der Waals surface area contributed by atoms with E-state index in [2.05, 4.69) is 293 Å². The number of aliphatic carboxylic acids is 4. The summed E-state index contributed by atoms with van der Waals surface area (Å²) in [5.41, 5.74) is 26.4. The van der Waals surface area contributed by atoms with E-state index >= 15 is 0 Å². The number of nitrogens with zero attached hydrogens (tertiary/aromatic N) is 7. The Hall–Kier alpha value is -14.9. The van der Waals surface area contributed by atoms with Gasteiger partial charge < -0.3 is 35.1 Å². The zero-order chi connectivity index (χ0) is 326. The van der Waals surface area contributed by atoms with Crippen LogP contribution in [0.1, 0.15) is 512 Å². The van der Waals surface area contributed by atoms with Gasteiger partial charge in [0.05, 0.1) is 16.0 Å². The lowest BCUT2D eigenvalue weighted by molar-refractivity contribution is -0.140. The number of carboxylic acid groups (broad SMARTS) is 4. The molecule has 138 heavy (non-hydrogen) atoms. The van der Waals surface area contributed by atoms with Gasteiger partial charge in [0, 0.05) is 416 Å². The molecule has 4 N–H and O–H groups in total. The Labute approximate surface area is 1180 Å². The molecule has 12 aromatic carbocycles. The fourth-order valence-corrected chi connectivity index (χ4v) is 24.2. The number of aromatic nitrogens is 1. The van der Waals surface area contributed by atoms with E-state index in [1.807, 2.05) is 60.7 Å². The highest BCUT2D eigenvalue weighted by molar-refractivity contribution is 8.30. The number of hydrogen-bond donors (Lipinski definition) is 4. The third kappa shape index (κ3) is 19.7. The fourth-order valence-electron chi connectivity index (χ4n) is 20.4. The van der Waals surface area contributed by atoms with Gasteiger partial charge in [-0.1, -0.05) is 317 Å². The normalized spacial score (nSPS) is 25.4. The number of carboxylic acids is 4. The van der Waals surface area contributed by atoms with Crippen molar-refractivity contribution < 1.29 is 395 Å². The van der Waals surface area contributed by atoms with Crippen molar-refractivity contribution in [3.8, 4) is 0 Å². The van der Waals surface area contributed by atoms with Crippen LogP contribution in [-0.2, 0) is 35.3 Å². The molecule has 0 bridgehead atoms. The molecule has 920 valence electrons. The molecule has 21 rings (SSSR count). The number of hydrogen-bond acceptors (Lipinski definition) is 15. The molecule has 13 aromatic rings. The summed E-state index contributed by atoms with van der Waals surface area (Å²) in [6.45, 7) is 5.48. The van der Waals surface area contributed by atoms with E-state index in [0.717, 1.165) is 156 Å². The first kappa shape index (κ1) is 28.0. The fraction of sp³-hybridized carbons (Fsp3) is 0.165. The van der Waals surface area contributed by atoms with Gasteiger partial charge >= 0.3 is 23.9 Å². The van der Waals surface area contributed by atoms with Crippen LogP contribution in [-0.4, -0.2) is 110 Å². The maximum atomic E-state index is 13.6. The van der Waals surface area contributed by atoms with Crippen molar-refractivity contribution in [3.05, 3.63) is 434 Å². The summed E-state index contributed by atoms with van der Waals surface area (Å²) in [4.78, 5) is 98.5. The third-order valence-corrected chi connectivity index (χ3v) is 30.5. The highest BCUT2D eigenvalue weighted by Crippen LogP contribution is 2.56. The monoisotopic (exact) mass is 2380 g/mol. The average molecular weight is 2380 g/mol. The molecule has 0 spiro atoms. The Kier molecular flexibility index (Phi) is 8.38. The summed E-state index contributed by atoms with van der Waals surface area (Å²) < 4.78 is 1160. The van der Waals surface area contributed by atoms with Gasteiger partial charge in [0.2, 0.25) is 0 Å². The van der Waals surface area contributed by atoms with Crippen LogP contribution >= 0.6 is 59.3 Å². The largest absolute Gasteiger partial charge is 0.486 e. The van der Waals surface area contributed by atoms with Crippen molar-refractivity contribution in [1.29, 1.82) is 0 Å². The van der Waals surface area contributed by atoms with E-state index in [1.165, 1.54) is 91.8 Å². The number of carbonyl (C=O) groups is 6. The SMILES string of the molecule is C.O=C(O)CN1C(=O)/C(=C\c2ccc3c(c2)C2CCCC2N3c2ccc(C=C(c3ccccc3)c3ccccc3)cc2)SC1=S.O=C(O)CN1C(=O)/C(=c2\s/c(=C/c3ccc4c(c3)C3CCCC3N4c3ccc(C=C(c4ccccc4)c4ccccc4)cc3)c(=O)n2CC(=O)O)SC1=S.[2HH].[2H][2H].[2H][2H].[2H][2H].[2H][2H].[2H][2H].[2H][2H].[2H][2H].[2H][2H].[2H][2H].[2H][2H].[2H][2H].[2H][2H].[2H][2H].[2H][2H].[2H][2H].[2H][2H].[2H][2H].[2H][2H].[2H][2H].[2H][2H].[2H][2H].[2H][2H].[2H][2H].[2H][2H].[2H][2H].[2H][2H].[2H][2H].[2H][2H].[2H][2H].[2H][2H].[2H][2H].[2H][2H].[2H][2H].[2H][2H].[2H][2H].[2H][2H].[2H][2H].[2H][2H].[2H][2H].[2H][2H].[2H][2H].[2H][2H].[2H][2H].[2H][2H].[2H][2H].[2H][2H].[2H][2H].[2H][2H].[2H][2H].[2H][2H].[2H][2H].[2H][2H].[2H][2H].[2H][2H].[2H][2H].[2H][2H].[2H][2H].[2H][2H].[2H][2H].[2H][2H].[2H][2H].[2H][2H].[2H][2H].[2H][2H].[2H][2H].[2H][2H].[2H][2H].[2H][2H].[2H][2H].[2H][2H].[2H][2H].[2H][2H].[2H][2H].[2H][2H].[2H][2H].[2H][2H].[2H][2H].[2H][2H].[2H][2H].[2H][2H].[2H][2H].[2H][2H].[2H][2H].[2H][2H].[2H][2H].[2H][2H].[2H][2H].[2H][2H].[2H][2H].[2H][2H].[2H][2H].[2H][2H].[2H][2H].[2H][2H].[2H][2H].[2H][2H].[2H][2H].[2H][2H].[2H][2H].[2H][2H].[2H][2H].[2H][2H].[2H][2H].[2H][2H].[2H][2H].[2H][2H].[2H][2H].[2H][2H].[2H][2H].[2H][2H].[2H][2H].[2H][2H].[2H][2H].[2H][2H].[2H][2H].[2H][2H].[C-]#[N+]/C(=C\c1ccc2c(c1)C1CCCC1N2c1ccc(C=C(c2ccccc2)c2ccccc2)cc1)C(=O)O. The summed E-state index contributed by atoms with van der Waals surface area (Å²) in [6.07, 6.45) is 21.9. The van der Waals surface area contributed by atoms with Crippen LogP contribution in [0.3, 0.4) is 0 Å². The van der Waals surface area contributed by atoms with Crippen molar-refractivity contribution in [1.82, 2.24) is 14.4 Å². The molecule has 6 atom stereocenters. The molecule has 2 amide bonds. The highest BCUT2D eigenvalue weighted by atomic mass is 32.2. The van der Waals surface area contributed by atoms with Gasteiger partial charge in [-0.3, -0.25) is 47.9 Å². The van der Waals surface area contributed by atoms with Gasteiger partial charge in [0.15, 0.2) is 0 Å². The third-order valence-electron chi connectivity index (χ3n) is 26.5. The molecule has 2 saturated heterocycles. The molecule has 1 aromatic heterocycles. The van der Waals surface area contributed by atoms with Gasteiger partial charge in [0.1, 0.15) is 37.8 Å². The summed E-state index contributed by atoms with van der Waals surface area (Å²) in [5.74, 6) is -4.60. The number of carbonyl (C=O) groups excluding carboxylic acids is 2. The quantitative estimate of drug-likeness (QED) is 0.0214. The summed E-state index contributed by atoms with van der Waals surface area (Å²) >= 11 is 13.6. The van der Waals surface area contributed by atoms with E-state index in [0.29, 0.717) is 40.8 Å². The van der Waals surface area contributed by atoms with Crippen molar-refractivity contribution in [2.75, 3.05) is 27.8 Å². The minimum absolute atomic E-state index is 0. The number of thioether (sulfide) groups is 2. The molecular formula is C115H329N7O11S5. The lowest BCUT2D eigenvalue weighted by Crippen LogP contribution is -2.36. The van der Waals surface area contributed by atoms with Gasteiger partial charge in [-0.25, -0.2) is 4.85 Å². The van der Waals surface area contributed by atoms with Gasteiger partial charge in [-0.15, -0.1) is 11.3 Å². The molecule has 5 fully saturated rings. The Morgan fingerprint density at radius 3 is 1.05 bits per heavy atom. The molecule has 6 heterocycles. The number of rotatable bonds is 22. The minimum atomic E-state index is -1.24. The minimum Gasteiger partial charge on any atom is -0.486 e. The topological polar surface area (TPSA) is 226 Å². The zero-order valence-corrected chi connectivity index (χ0v) is 78.3. The maximum absolute atomic E-state index is 13.6. The van der Waals surface area contributed by atoms with Gasteiger partial charge in [0.25, 0.3) is 23.1 Å². The molecule has 0 radical (unpaired) electrons. The Bertz CT molecular complexity index is 7580. The molecule has 23 heteroatoms. The number of anilines is 6. The van der Waals surface area contributed by atoms with Crippen LogP contribution in [0, 0.1) is 6.57 Å². The van der Waals surface area contributed by atoms with E-state index in [9.17, 15) is 48.9 Å². The lowest BCUT2D eigenvalue weighted by atomic mass is 9.95. The van der Waals surface area contributed by atoms with Crippen LogP contribution in [0.5, 0.6) is 0 Å². The van der Waals surface area contributed by atoms with Crippen molar-refractivity contribution in [3.63, 3.8) is 0 Å². The second kappa shape index (κ2) is 41.3. The number of benzene rings is 12. The second-order valence-corrected chi connectivity index (χ2v) is 39.2. The Balaban J connectivity index is -0.0000000219. The molecular weight excluding hydrogens is 1820 g/mol. The lowest BCUT2D eigenvalue weighted by Gasteiger charge is -2.27. The standard InChI is InChI=1S/C42H33N3O6S3.C37H30N2O3S2.C35H28N2O2.CH4.117H2/c46-36(47)23-43-39(50)35(53-41(43)38-40(51)44(24-37(48)49)42(52)54-38)22-26-16-19-34-32(21-26)30-12-7-13-33(30)45(34)29-17-14-25(15-18-29)20-31(27-8-3-1-4-9-27)28-10-5-2-6-11-28;40-35(41)23-38-36(42)34(44-37(38)43)22-25-16-19-33-31(21-25)29-12-7-13-32(29)39(33)28-17-14-24(15-18-28)20-30(26-8-3-1-4-9-26)27-10-5-2-6-11-27;1-36-32(35(38)39)23-25-17-20-34-31(22-25)29-13-8-14-33(29)37(34)28-18-15-24(16-19-28)21-30(26-9-4-2-5-10-26)27-11-6-3-7-12-27;;;;;;;;;;;;;;;;;;;;;;;;;;;;;;;;;;;;;;;;;;;;;;;;;;;;;;;;;;;;;;;;;;;;;;;;;;;;;;;;;;;;;;;;;;;;;;;;;;;;;;;;;;;;;;;;;;;;;;/h1-6,8-11,14-22,30,33H,7,12-13,23-24H2,(H,46,47)(H,48,49);1-6,8-11,14-22,29,32H,7,12-13,23H2,(H,40,41);2-7,9-12,15-23,29,33H,8,13-14H2,(H,38,39);1H4;117*1H/b35-22+,41-38+;34-22+;32-23-;;;;;;;;;;;;;;;;;;;;;;;;;;;;;;;;;;;;;;;;;;;;;;;;;;;;;;;;;;;;;;;;;;;;;;;;;;;;;;;;;;;;;;;;;;;;;;;;;;;;;;;;;;;;;;;;;;;;;;/i;;;;116*1+1D;1+1. The molecule has 3 saturated carbocycles. The predicted octanol–water partition coefficient (Wildman–Crippen LogP) is 52.4. The van der Waals surface area contributed by atoms with E-state index in [4.69, 9.17) is 381 Å². The van der Waals surface area contributed by atoms with Crippen LogP contribution in [0.4, 0.5) is 34.1 Å². The molecule has 6 unspecified atom stereocenters. The van der Waals surface area contributed by atoms with Crippen molar-refractivity contribution in [2.45, 2.75) is 108 Å². The smallest absolute Gasteiger partial charge is 0.333 e. The predicted molar refractivity (Wildman–Crippen MR) is 812 cm³/mol. The number of thiocarbonyl (C=S) groups is 2. The van der Waals surface area contributed by atoms with Crippen molar-refractivity contribution in [2.24, 2.45) is 0 Å². The molecule has 18 nitrogen and oxygen atoms in total. The molecule has 3 aliphatic carbocycles. The van der Waals surface area contributed by atoms with E-state index < -0.39 is 55.0 Å². The van der Waals surface area contributed by atoms with E-state index in [-0.39, 0.29) is 43.2 Å². The van der Waals surface area contributed by atoms with E-state index in [1.54, 1.807) is 6.08 Å². The van der Waals surface area contributed by atoms with Crippen LogP contribution in [0.15, 0.2) is 325 Å². The Morgan fingerprint density at radius 1 is 0.391 bits per heavy atom. The molecule has 8 aliphatic rings. The summed E-state index contributed by atoms with van der Waals surface area (Å²) in [7, 11) is 0. The first-order chi connectivity index (χ1) is 183. The van der Waals surface area contributed by atoms with Crippen molar-refractivity contribution >= 4 is 196 Å². The van der Waals surface area contributed by atoms with Crippen LogP contribution in [0.2, 0.25) is 0 Å². The molecule has 5 aliphatic heterocycles.